The molecule has 0 saturated carbocycles. The van der Waals surface area contributed by atoms with E-state index in [4.69, 9.17) is 9.47 Å². The highest BCUT2D eigenvalue weighted by molar-refractivity contribution is 5.85. The lowest BCUT2D eigenvalue weighted by atomic mass is 10.0. The largest absolute Gasteiger partial charge is 0.459 e. The molecule has 0 bridgehead atoms. The minimum atomic E-state index is -0.947. The van der Waals surface area contributed by atoms with E-state index in [2.05, 4.69) is 10.6 Å². The first-order chi connectivity index (χ1) is 23.4. The maximum absolute atomic E-state index is 13.0. The number of aliphatic hydroxyl groups is 1. The zero-order chi connectivity index (χ0) is 34.0. The first-order valence-corrected chi connectivity index (χ1v) is 16.1. The van der Waals surface area contributed by atoms with Crippen LogP contribution < -0.4 is 10.6 Å². The number of esters is 2. The van der Waals surface area contributed by atoms with Crippen LogP contribution in [0, 0.1) is 0 Å². The molecule has 0 saturated heterocycles. The first-order valence-electron chi connectivity index (χ1n) is 16.1. The summed E-state index contributed by atoms with van der Waals surface area (Å²) in [5, 5.41) is 16.1. The highest BCUT2D eigenvalue weighted by Gasteiger charge is 2.25. The van der Waals surface area contributed by atoms with Gasteiger partial charge in [0.05, 0.1) is 6.10 Å². The fourth-order valence-corrected chi connectivity index (χ4v) is 5.02. The molecular formula is C39H42N2O7. The number of carbonyl (C=O) groups excluding carboxylic acids is 4. The molecule has 9 heteroatoms. The minimum absolute atomic E-state index is 0.0531. The standard InChI is InChI=1S/C39H42N2O7/c42-33(21-23-36(43)40-34(25-29-13-5-1-6-14-29)38(45)47-27-31-17-9-3-10-18-31)22-24-37(44)41-35(26-30-15-7-2-8-16-30)39(46)48-28-32-19-11-4-12-20-32/h1-20,33-35,42H,21-28H2,(H,40,43)(H,41,44)/t34-,35-/m0/s1. The second-order valence-electron chi connectivity index (χ2n) is 11.5. The predicted molar refractivity (Wildman–Crippen MR) is 181 cm³/mol. The Labute approximate surface area is 281 Å². The van der Waals surface area contributed by atoms with Crippen LogP contribution in [0.15, 0.2) is 121 Å². The van der Waals surface area contributed by atoms with Crippen LogP contribution in [0.25, 0.3) is 0 Å². The maximum Gasteiger partial charge on any atom is 0.329 e. The van der Waals surface area contributed by atoms with Crippen LogP contribution in [0.1, 0.15) is 47.9 Å². The van der Waals surface area contributed by atoms with Crippen molar-refractivity contribution in [1.29, 1.82) is 0 Å². The second-order valence-corrected chi connectivity index (χ2v) is 11.5. The van der Waals surface area contributed by atoms with Gasteiger partial charge in [-0.15, -0.1) is 0 Å². The molecule has 4 aromatic rings. The van der Waals surface area contributed by atoms with Crippen LogP contribution in [0.4, 0.5) is 0 Å². The van der Waals surface area contributed by atoms with Crippen LogP contribution in [-0.2, 0) is 54.7 Å². The lowest BCUT2D eigenvalue weighted by Gasteiger charge is -2.19. The first kappa shape index (κ1) is 35.6. The molecule has 9 nitrogen and oxygen atoms in total. The van der Waals surface area contributed by atoms with E-state index in [9.17, 15) is 24.3 Å². The van der Waals surface area contributed by atoms with Gasteiger partial charge in [0.2, 0.25) is 11.8 Å². The zero-order valence-corrected chi connectivity index (χ0v) is 26.8. The van der Waals surface area contributed by atoms with Crippen LogP contribution in [-0.4, -0.2) is 47.0 Å². The normalized spacial score (nSPS) is 12.0. The molecule has 0 unspecified atom stereocenters. The number of aliphatic hydroxyl groups excluding tert-OH is 1. The molecule has 4 aromatic carbocycles. The molecule has 2 atom stereocenters. The van der Waals surface area contributed by atoms with Crippen molar-refractivity contribution in [3.63, 3.8) is 0 Å². The lowest BCUT2D eigenvalue weighted by molar-refractivity contribution is -0.149. The Hall–Kier alpha value is -5.28. The van der Waals surface area contributed by atoms with Crippen molar-refractivity contribution in [1.82, 2.24) is 10.6 Å². The molecule has 0 radical (unpaired) electrons. The second kappa shape index (κ2) is 19.4. The van der Waals surface area contributed by atoms with E-state index in [1.165, 1.54) is 0 Å². The average molecular weight is 651 g/mol. The van der Waals surface area contributed by atoms with Gasteiger partial charge in [0.25, 0.3) is 0 Å². The molecule has 0 aliphatic heterocycles. The Morgan fingerprint density at radius 1 is 0.500 bits per heavy atom. The van der Waals surface area contributed by atoms with Crippen molar-refractivity contribution in [2.45, 2.75) is 69.9 Å². The van der Waals surface area contributed by atoms with Crippen molar-refractivity contribution in [2.24, 2.45) is 0 Å². The minimum Gasteiger partial charge on any atom is -0.459 e. The molecule has 2 amide bonds. The molecular weight excluding hydrogens is 608 g/mol. The summed E-state index contributed by atoms with van der Waals surface area (Å²) in [6.07, 6.45) is -0.380. The summed E-state index contributed by atoms with van der Waals surface area (Å²) < 4.78 is 11.0. The molecule has 0 spiro atoms. The van der Waals surface area contributed by atoms with E-state index in [-0.39, 0.29) is 51.7 Å². The van der Waals surface area contributed by atoms with Gasteiger partial charge in [-0.1, -0.05) is 121 Å². The molecule has 0 aromatic heterocycles. The molecule has 3 N–H and O–H groups in total. The molecule has 48 heavy (non-hydrogen) atoms. The van der Waals surface area contributed by atoms with Crippen molar-refractivity contribution >= 4 is 23.8 Å². The lowest BCUT2D eigenvalue weighted by Crippen LogP contribution is -2.44. The van der Waals surface area contributed by atoms with Gasteiger partial charge < -0.3 is 25.2 Å². The average Bonchev–Trinajstić information content (AvgIpc) is 3.12. The van der Waals surface area contributed by atoms with Crippen LogP contribution in [0.3, 0.4) is 0 Å². The number of rotatable bonds is 18. The van der Waals surface area contributed by atoms with Gasteiger partial charge in [-0.3, -0.25) is 9.59 Å². The predicted octanol–water partition coefficient (Wildman–Crippen LogP) is 4.85. The van der Waals surface area contributed by atoms with E-state index in [0.717, 1.165) is 22.3 Å². The van der Waals surface area contributed by atoms with Crippen molar-refractivity contribution < 1.29 is 33.8 Å². The fraction of sp³-hybridized carbons (Fsp3) is 0.282. The van der Waals surface area contributed by atoms with E-state index in [1.807, 2.05) is 121 Å². The Morgan fingerprint density at radius 3 is 1.15 bits per heavy atom. The molecule has 250 valence electrons. The van der Waals surface area contributed by atoms with Gasteiger partial charge in [0.15, 0.2) is 0 Å². The highest BCUT2D eigenvalue weighted by atomic mass is 16.5. The summed E-state index contributed by atoms with van der Waals surface area (Å²) in [7, 11) is 0. The Kier molecular flexibility index (Phi) is 14.4. The monoisotopic (exact) mass is 650 g/mol. The van der Waals surface area contributed by atoms with Gasteiger partial charge in [-0.05, 0) is 35.1 Å². The quantitative estimate of drug-likeness (QED) is 0.131. The molecule has 0 aliphatic carbocycles. The third-order valence-corrected chi connectivity index (χ3v) is 7.66. The van der Waals surface area contributed by atoms with Crippen molar-refractivity contribution in [3.8, 4) is 0 Å². The van der Waals surface area contributed by atoms with Gasteiger partial charge in [0.1, 0.15) is 25.3 Å². The number of hydrogen-bond donors (Lipinski definition) is 3. The number of benzene rings is 4. The Morgan fingerprint density at radius 2 is 0.812 bits per heavy atom. The third kappa shape index (κ3) is 12.8. The molecule has 0 heterocycles. The third-order valence-electron chi connectivity index (χ3n) is 7.66. The van der Waals surface area contributed by atoms with Gasteiger partial charge in [-0.25, -0.2) is 9.59 Å². The molecule has 4 rings (SSSR count). The van der Waals surface area contributed by atoms with Gasteiger partial charge in [0, 0.05) is 25.7 Å². The summed E-state index contributed by atoms with van der Waals surface area (Å²) in [6.45, 7) is 0.164. The SMILES string of the molecule is O=C(CCC(O)CCC(=O)N[C@@H](Cc1ccccc1)C(=O)OCc1ccccc1)N[C@@H](Cc1ccccc1)C(=O)OCc1ccccc1. The summed E-state index contributed by atoms with van der Waals surface area (Å²) in [5.74, 6) is -1.94. The summed E-state index contributed by atoms with van der Waals surface area (Å²) in [5.41, 5.74) is 3.39. The summed E-state index contributed by atoms with van der Waals surface area (Å²) >= 11 is 0. The number of nitrogens with one attached hydrogen (secondary N) is 2. The molecule has 0 aliphatic rings. The number of carbonyl (C=O) groups is 4. The topological polar surface area (TPSA) is 131 Å². The number of amides is 2. The fourth-order valence-electron chi connectivity index (χ4n) is 5.02. The summed E-state index contributed by atoms with van der Waals surface area (Å²) in [4.78, 5) is 51.7. The van der Waals surface area contributed by atoms with Crippen molar-refractivity contribution in [3.05, 3.63) is 144 Å². The van der Waals surface area contributed by atoms with Gasteiger partial charge in [-0.2, -0.15) is 0 Å². The van der Waals surface area contributed by atoms with E-state index >= 15 is 0 Å². The summed E-state index contributed by atoms with van der Waals surface area (Å²) in [6, 6.07) is 35.4. The number of ether oxygens (including phenoxy) is 2. The Bertz CT molecular complexity index is 1450. The molecule has 0 fully saturated rings. The Balaban J connectivity index is 1.25. The van der Waals surface area contributed by atoms with Gasteiger partial charge >= 0.3 is 11.9 Å². The van der Waals surface area contributed by atoms with E-state index in [1.54, 1.807) is 0 Å². The smallest absolute Gasteiger partial charge is 0.329 e. The van der Waals surface area contributed by atoms with Crippen molar-refractivity contribution in [2.75, 3.05) is 0 Å². The van der Waals surface area contributed by atoms with Crippen LogP contribution >= 0.6 is 0 Å². The number of hydrogen-bond acceptors (Lipinski definition) is 7. The van der Waals surface area contributed by atoms with Crippen LogP contribution in [0.5, 0.6) is 0 Å². The maximum atomic E-state index is 13.0. The highest BCUT2D eigenvalue weighted by Crippen LogP contribution is 2.12. The zero-order valence-electron chi connectivity index (χ0n) is 26.8. The van der Waals surface area contributed by atoms with Crippen LogP contribution in [0.2, 0.25) is 0 Å². The van der Waals surface area contributed by atoms with E-state index < -0.39 is 41.9 Å². The van der Waals surface area contributed by atoms with E-state index in [0.29, 0.717) is 0 Å².